The highest BCUT2D eigenvalue weighted by Crippen LogP contribution is 2.36. The molecule has 2 amide bonds. The number of hydrogen-bond acceptors (Lipinski definition) is 5. The Kier molecular flexibility index (Phi) is 6.12. The minimum atomic E-state index is -4.58. The van der Waals surface area contributed by atoms with E-state index in [2.05, 4.69) is 10.6 Å². The summed E-state index contributed by atoms with van der Waals surface area (Å²) < 4.78 is 39.7. The molecule has 3 N–H and O–H groups in total. The predicted molar refractivity (Wildman–Crippen MR) is 105 cm³/mol. The van der Waals surface area contributed by atoms with Gasteiger partial charge in [0.15, 0.2) is 0 Å². The molecule has 1 aliphatic rings. The first-order valence-corrected chi connectivity index (χ1v) is 9.19. The summed E-state index contributed by atoms with van der Waals surface area (Å²) in [5.74, 6) is -1.36. The standard InChI is InChI=1S/C21H20F3N3O3/c1-13(14-5-3-2-4-6-14)25-16-8-7-15(21(22,23)24)11-17(16)26-18-12-19(29)27(9-10-28)20(18)30/h2-8,11-13,25-26,28H,9-10H2,1H3. The number of carbonyl (C=O) groups excluding carboxylic acids is 2. The van der Waals surface area contributed by atoms with Crippen molar-refractivity contribution in [1.29, 1.82) is 0 Å². The second-order valence-corrected chi connectivity index (χ2v) is 6.74. The Morgan fingerprint density at radius 3 is 2.40 bits per heavy atom. The van der Waals surface area contributed by atoms with Crippen LogP contribution in [-0.4, -0.2) is 35.0 Å². The molecule has 0 aliphatic carbocycles. The summed E-state index contributed by atoms with van der Waals surface area (Å²) >= 11 is 0. The summed E-state index contributed by atoms with van der Waals surface area (Å²) in [5, 5.41) is 14.8. The van der Waals surface area contributed by atoms with E-state index in [-0.39, 0.29) is 24.0 Å². The lowest BCUT2D eigenvalue weighted by molar-refractivity contribution is -0.138. The van der Waals surface area contributed by atoms with Crippen LogP contribution in [0.15, 0.2) is 60.3 Å². The van der Waals surface area contributed by atoms with Crippen LogP contribution in [0.25, 0.3) is 0 Å². The summed E-state index contributed by atoms with van der Waals surface area (Å²) in [7, 11) is 0. The number of imide groups is 1. The molecule has 1 heterocycles. The second-order valence-electron chi connectivity index (χ2n) is 6.74. The Balaban J connectivity index is 1.92. The molecule has 0 fully saturated rings. The van der Waals surface area contributed by atoms with E-state index in [9.17, 15) is 22.8 Å². The molecule has 0 aromatic heterocycles. The van der Waals surface area contributed by atoms with Gasteiger partial charge in [-0.2, -0.15) is 13.2 Å². The van der Waals surface area contributed by atoms with Crippen LogP contribution in [-0.2, 0) is 15.8 Å². The van der Waals surface area contributed by atoms with E-state index in [1.807, 2.05) is 37.3 Å². The van der Waals surface area contributed by atoms with Gasteiger partial charge < -0.3 is 15.7 Å². The number of rotatable bonds is 7. The van der Waals surface area contributed by atoms with Crippen LogP contribution in [0.4, 0.5) is 24.5 Å². The Morgan fingerprint density at radius 2 is 1.77 bits per heavy atom. The Labute approximate surface area is 171 Å². The van der Waals surface area contributed by atoms with Gasteiger partial charge in [-0.25, -0.2) is 0 Å². The van der Waals surface area contributed by atoms with Crippen molar-refractivity contribution in [3.05, 3.63) is 71.4 Å². The molecular weight excluding hydrogens is 399 g/mol. The zero-order valence-electron chi connectivity index (χ0n) is 16.0. The van der Waals surface area contributed by atoms with Crippen LogP contribution in [0.1, 0.15) is 24.1 Å². The third-order valence-electron chi connectivity index (χ3n) is 4.62. The van der Waals surface area contributed by atoms with Crippen molar-refractivity contribution in [2.75, 3.05) is 23.8 Å². The molecule has 158 valence electrons. The summed E-state index contributed by atoms with van der Waals surface area (Å²) in [6.07, 6.45) is -3.57. The van der Waals surface area contributed by atoms with E-state index in [1.54, 1.807) is 0 Å². The topological polar surface area (TPSA) is 81.7 Å². The van der Waals surface area contributed by atoms with Gasteiger partial charge in [0.25, 0.3) is 11.8 Å². The van der Waals surface area contributed by atoms with Crippen molar-refractivity contribution in [3.8, 4) is 0 Å². The Bertz CT molecular complexity index is 974. The van der Waals surface area contributed by atoms with Crippen molar-refractivity contribution >= 4 is 23.2 Å². The number of benzene rings is 2. The summed E-state index contributed by atoms with van der Waals surface area (Å²) in [4.78, 5) is 25.1. The third-order valence-corrected chi connectivity index (χ3v) is 4.62. The summed E-state index contributed by atoms with van der Waals surface area (Å²) in [5.41, 5.74) is 0.200. The minimum Gasteiger partial charge on any atom is -0.395 e. The van der Waals surface area contributed by atoms with Crippen LogP contribution in [0.3, 0.4) is 0 Å². The number of amides is 2. The fourth-order valence-corrected chi connectivity index (χ4v) is 3.06. The monoisotopic (exact) mass is 419 g/mol. The number of aliphatic hydroxyl groups excluding tert-OH is 1. The largest absolute Gasteiger partial charge is 0.416 e. The number of halogens is 3. The van der Waals surface area contributed by atoms with Crippen molar-refractivity contribution in [2.45, 2.75) is 19.1 Å². The SMILES string of the molecule is CC(Nc1ccc(C(F)(F)F)cc1NC1=CC(=O)N(CCO)C1=O)c1ccccc1. The van der Waals surface area contributed by atoms with Crippen LogP contribution >= 0.6 is 0 Å². The lowest BCUT2D eigenvalue weighted by Crippen LogP contribution is -2.34. The molecule has 1 atom stereocenters. The van der Waals surface area contributed by atoms with Gasteiger partial charge in [0.1, 0.15) is 5.70 Å². The number of anilines is 2. The van der Waals surface area contributed by atoms with Gasteiger partial charge in [-0.3, -0.25) is 14.5 Å². The number of nitrogens with one attached hydrogen (secondary N) is 2. The smallest absolute Gasteiger partial charge is 0.395 e. The number of alkyl halides is 3. The number of carbonyl (C=O) groups is 2. The number of nitrogens with zero attached hydrogens (tertiary/aromatic N) is 1. The molecule has 0 saturated heterocycles. The van der Waals surface area contributed by atoms with Gasteiger partial charge in [0, 0.05) is 12.1 Å². The summed E-state index contributed by atoms with van der Waals surface area (Å²) in [6.45, 7) is 1.24. The van der Waals surface area contributed by atoms with Crippen molar-refractivity contribution < 1.29 is 27.9 Å². The van der Waals surface area contributed by atoms with Crippen LogP contribution in [0.2, 0.25) is 0 Å². The Morgan fingerprint density at radius 1 is 1.07 bits per heavy atom. The maximum Gasteiger partial charge on any atom is 0.416 e. The molecule has 6 nitrogen and oxygen atoms in total. The van der Waals surface area contributed by atoms with Gasteiger partial charge in [-0.15, -0.1) is 0 Å². The zero-order chi connectivity index (χ0) is 21.9. The van der Waals surface area contributed by atoms with E-state index in [4.69, 9.17) is 5.11 Å². The first-order valence-electron chi connectivity index (χ1n) is 9.19. The molecule has 0 spiro atoms. The highest BCUT2D eigenvalue weighted by molar-refractivity contribution is 6.17. The van der Waals surface area contributed by atoms with Crippen LogP contribution < -0.4 is 10.6 Å². The first-order chi connectivity index (χ1) is 14.2. The van der Waals surface area contributed by atoms with Gasteiger partial charge >= 0.3 is 6.18 Å². The minimum absolute atomic E-state index is 0.00542. The van der Waals surface area contributed by atoms with Crippen molar-refractivity contribution in [2.24, 2.45) is 0 Å². The molecule has 9 heteroatoms. The van der Waals surface area contributed by atoms with E-state index >= 15 is 0 Å². The van der Waals surface area contributed by atoms with E-state index in [0.29, 0.717) is 5.69 Å². The van der Waals surface area contributed by atoms with Crippen LogP contribution in [0, 0.1) is 0 Å². The Hall–Kier alpha value is -3.33. The number of aliphatic hydroxyl groups is 1. The van der Waals surface area contributed by atoms with Crippen LogP contribution in [0.5, 0.6) is 0 Å². The zero-order valence-corrected chi connectivity index (χ0v) is 16.0. The molecule has 0 saturated carbocycles. The third kappa shape index (κ3) is 4.62. The van der Waals surface area contributed by atoms with Crippen molar-refractivity contribution in [1.82, 2.24) is 4.90 Å². The quantitative estimate of drug-likeness (QED) is 0.598. The number of hydrogen-bond donors (Lipinski definition) is 3. The summed E-state index contributed by atoms with van der Waals surface area (Å²) in [6, 6.07) is 12.2. The van der Waals surface area contributed by atoms with Gasteiger partial charge in [-0.1, -0.05) is 30.3 Å². The van der Waals surface area contributed by atoms with Crippen molar-refractivity contribution in [3.63, 3.8) is 0 Å². The molecule has 30 heavy (non-hydrogen) atoms. The highest BCUT2D eigenvalue weighted by Gasteiger charge is 2.33. The molecule has 1 unspecified atom stereocenters. The predicted octanol–water partition coefficient (Wildman–Crippen LogP) is 3.54. The first kappa shape index (κ1) is 21.4. The van der Waals surface area contributed by atoms with E-state index in [1.165, 1.54) is 6.07 Å². The normalized spacial score (nSPS) is 15.2. The fourth-order valence-electron chi connectivity index (χ4n) is 3.06. The fraction of sp³-hybridized carbons (Fsp3) is 0.238. The maximum absolute atomic E-state index is 13.2. The molecule has 2 aromatic carbocycles. The second kappa shape index (κ2) is 8.58. The van der Waals surface area contributed by atoms with Gasteiger partial charge in [0.05, 0.1) is 30.1 Å². The van der Waals surface area contributed by atoms with Gasteiger partial charge in [0.2, 0.25) is 0 Å². The molecule has 0 bridgehead atoms. The average molecular weight is 419 g/mol. The molecule has 2 aromatic rings. The van der Waals surface area contributed by atoms with Gasteiger partial charge in [-0.05, 0) is 30.7 Å². The lowest BCUT2D eigenvalue weighted by Gasteiger charge is -2.21. The molecule has 1 aliphatic heterocycles. The molecule has 3 rings (SSSR count). The number of β-amino-alcohol motifs (C(OH)–C–C–N with tert-alkyl or cyclic N) is 1. The van der Waals surface area contributed by atoms with E-state index < -0.39 is 30.2 Å². The molecule has 0 radical (unpaired) electrons. The van der Waals surface area contributed by atoms with E-state index in [0.717, 1.165) is 28.7 Å². The highest BCUT2D eigenvalue weighted by atomic mass is 19.4. The maximum atomic E-state index is 13.2. The average Bonchev–Trinajstić information content (AvgIpc) is 2.97. The molecular formula is C21H20F3N3O3. The lowest BCUT2D eigenvalue weighted by atomic mass is 10.1.